The van der Waals surface area contributed by atoms with Gasteiger partial charge in [0.2, 0.25) is 5.91 Å². The Bertz CT molecular complexity index is 658. The lowest BCUT2D eigenvalue weighted by Gasteiger charge is -2.12. The summed E-state index contributed by atoms with van der Waals surface area (Å²) in [6.07, 6.45) is 1.33. The predicted octanol–water partition coefficient (Wildman–Crippen LogP) is 1.69. The molecule has 0 saturated heterocycles. The van der Waals surface area contributed by atoms with Crippen LogP contribution in [0.1, 0.15) is 37.2 Å². The zero-order valence-corrected chi connectivity index (χ0v) is 12.4. The molecule has 1 amide bonds. The van der Waals surface area contributed by atoms with Crippen molar-refractivity contribution in [1.29, 1.82) is 0 Å². The molecule has 0 aliphatic heterocycles. The number of aryl methyl sites for hydroxylation is 2. The van der Waals surface area contributed by atoms with Gasteiger partial charge in [0.15, 0.2) is 17.5 Å². The number of hydrogen-bond acceptors (Lipinski definition) is 4. The van der Waals surface area contributed by atoms with Gasteiger partial charge in [0, 0.05) is 13.5 Å². The fraction of sp³-hybridized carbons (Fsp3) is 0.429. The maximum atomic E-state index is 13.1. The van der Waals surface area contributed by atoms with Crippen LogP contribution >= 0.6 is 0 Å². The molecule has 1 atom stereocenters. The summed E-state index contributed by atoms with van der Waals surface area (Å²) in [6.45, 7) is 1.79. The Morgan fingerprint density at radius 3 is 2.77 bits per heavy atom. The van der Waals surface area contributed by atoms with Gasteiger partial charge in [0.05, 0.1) is 6.04 Å². The summed E-state index contributed by atoms with van der Waals surface area (Å²) in [5.41, 5.74) is 0.664. The van der Waals surface area contributed by atoms with Crippen molar-refractivity contribution >= 4 is 5.91 Å². The molecular weight excluding hydrogens is 292 g/mol. The van der Waals surface area contributed by atoms with Crippen molar-refractivity contribution in [2.75, 3.05) is 0 Å². The van der Waals surface area contributed by atoms with Crippen molar-refractivity contribution in [3.8, 4) is 0 Å². The van der Waals surface area contributed by atoms with Crippen LogP contribution in [0.5, 0.6) is 0 Å². The van der Waals surface area contributed by atoms with Gasteiger partial charge in [-0.05, 0) is 47.9 Å². The third-order valence-electron chi connectivity index (χ3n) is 3.27. The minimum Gasteiger partial charge on any atom is -0.346 e. The standard InChI is InChI=1S/C14H17F2N5O/c1-9(14-18-19-20-21(14)2)17-13(22)5-3-4-10-6-7-11(15)12(16)8-10/h6-9H,3-5H2,1-2H3,(H,17,22)/t9-/m1/s1. The highest BCUT2D eigenvalue weighted by atomic mass is 19.2. The van der Waals surface area contributed by atoms with Crippen molar-refractivity contribution < 1.29 is 13.6 Å². The monoisotopic (exact) mass is 309 g/mol. The van der Waals surface area contributed by atoms with E-state index in [2.05, 4.69) is 20.8 Å². The highest BCUT2D eigenvalue weighted by molar-refractivity contribution is 5.76. The second-order valence-electron chi connectivity index (χ2n) is 5.05. The first-order valence-corrected chi connectivity index (χ1v) is 6.93. The van der Waals surface area contributed by atoms with E-state index in [1.54, 1.807) is 14.0 Å². The maximum absolute atomic E-state index is 13.1. The Balaban J connectivity index is 1.78. The highest BCUT2D eigenvalue weighted by Crippen LogP contribution is 2.12. The molecule has 118 valence electrons. The third-order valence-corrected chi connectivity index (χ3v) is 3.27. The summed E-state index contributed by atoms with van der Waals surface area (Å²) in [7, 11) is 1.70. The summed E-state index contributed by atoms with van der Waals surface area (Å²) in [6, 6.07) is 3.47. The molecule has 0 fully saturated rings. The molecule has 6 nitrogen and oxygen atoms in total. The molecule has 0 saturated carbocycles. The highest BCUT2D eigenvalue weighted by Gasteiger charge is 2.14. The molecule has 22 heavy (non-hydrogen) atoms. The second-order valence-corrected chi connectivity index (χ2v) is 5.05. The summed E-state index contributed by atoms with van der Waals surface area (Å²) < 4.78 is 27.4. The van der Waals surface area contributed by atoms with Crippen LogP contribution in [0.4, 0.5) is 8.78 Å². The summed E-state index contributed by atoms with van der Waals surface area (Å²) >= 11 is 0. The zero-order valence-electron chi connectivity index (χ0n) is 12.4. The van der Waals surface area contributed by atoms with E-state index in [9.17, 15) is 13.6 Å². The SMILES string of the molecule is C[C@@H](NC(=O)CCCc1ccc(F)c(F)c1)c1nnnn1C. The van der Waals surface area contributed by atoms with Gasteiger partial charge >= 0.3 is 0 Å². The minimum absolute atomic E-state index is 0.141. The summed E-state index contributed by atoms with van der Waals surface area (Å²) in [5.74, 6) is -1.31. The van der Waals surface area contributed by atoms with E-state index in [-0.39, 0.29) is 18.4 Å². The van der Waals surface area contributed by atoms with Crippen molar-refractivity contribution in [1.82, 2.24) is 25.5 Å². The Kier molecular flexibility index (Phi) is 5.13. The number of nitrogens with one attached hydrogen (secondary N) is 1. The van der Waals surface area contributed by atoms with Crippen LogP contribution in [-0.4, -0.2) is 26.1 Å². The molecular formula is C14H17F2N5O. The van der Waals surface area contributed by atoms with Crippen LogP contribution in [0.2, 0.25) is 0 Å². The Hall–Kier alpha value is -2.38. The van der Waals surface area contributed by atoms with Crippen LogP contribution in [-0.2, 0) is 18.3 Å². The molecule has 2 rings (SSSR count). The average molecular weight is 309 g/mol. The van der Waals surface area contributed by atoms with E-state index in [0.29, 0.717) is 24.2 Å². The van der Waals surface area contributed by atoms with E-state index in [1.807, 2.05) is 0 Å². The van der Waals surface area contributed by atoms with Crippen molar-refractivity contribution in [2.45, 2.75) is 32.2 Å². The molecule has 1 N–H and O–H groups in total. The fourth-order valence-electron chi connectivity index (χ4n) is 2.13. The number of nitrogens with zero attached hydrogens (tertiary/aromatic N) is 4. The minimum atomic E-state index is -0.870. The Labute approximate surface area is 126 Å². The maximum Gasteiger partial charge on any atom is 0.220 e. The van der Waals surface area contributed by atoms with E-state index < -0.39 is 11.6 Å². The number of aromatic nitrogens is 4. The molecule has 1 aromatic heterocycles. The first-order valence-electron chi connectivity index (χ1n) is 6.93. The Morgan fingerprint density at radius 1 is 1.36 bits per heavy atom. The molecule has 0 aliphatic carbocycles. The van der Waals surface area contributed by atoms with E-state index in [4.69, 9.17) is 0 Å². The first kappa shape index (κ1) is 16.0. The van der Waals surface area contributed by atoms with E-state index in [1.165, 1.54) is 10.7 Å². The van der Waals surface area contributed by atoms with Crippen molar-refractivity contribution in [3.05, 3.63) is 41.2 Å². The number of benzene rings is 1. The van der Waals surface area contributed by atoms with Crippen LogP contribution in [0.25, 0.3) is 0 Å². The van der Waals surface area contributed by atoms with Gasteiger partial charge < -0.3 is 5.32 Å². The van der Waals surface area contributed by atoms with Gasteiger partial charge in [-0.2, -0.15) is 0 Å². The van der Waals surface area contributed by atoms with Gasteiger partial charge in [0.1, 0.15) is 0 Å². The first-order chi connectivity index (χ1) is 10.5. The zero-order chi connectivity index (χ0) is 16.1. The smallest absolute Gasteiger partial charge is 0.220 e. The molecule has 1 heterocycles. The molecule has 2 aromatic rings. The largest absolute Gasteiger partial charge is 0.346 e. The van der Waals surface area contributed by atoms with Gasteiger partial charge in [-0.15, -0.1) is 5.10 Å². The lowest BCUT2D eigenvalue weighted by atomic mass is 10.1. The second kappa shape index (κ2) is 7.06. The summed E-state index contributed by atoms with van der Waals surface area (Å²) in [4.78, 5) is 11.8. The number of carbonyl (C=O) groups is 1. The van der Waals surface area contributed by atoms with Crippen LogP contribution in [0.15, 0.2) is 18.2 Å². The molecule has 0 spiro atoms. The van der Waals surface area contributed by atoms with Gasteiger partial charge in [-0.1, -0.05) is 6.07 Å². The van der Waals surface area contributed by atoms with Gasteiger partial charge in [-0.3, -0.25) is 4.79 Å². The molecule has 8 heteroatoms. The molecule has 1 aromatic carbocycles. The van der Waals surface area contributed by atoms with Crippen LogP contribution in [0.3, 0.4) is 0 Å². The number of hydrogen-bond donors (Lipinski definition) is 1. The predicted molar refractivity (Wildman–Crippen MR) is 74.7 cm³/mol. The Morgan fingerprint density at radius 2 is 2.14 bits per heavy atom. The quantitative estimate of drug-likeness (QED) is 0.881. The lowest BCUT2D eigenvalue weighted by molar-refractivity contribution is -0.121. The van der Waals surface area contributed by atoms with Gasteiger partial charge in [-0.25, -0.2) is 13.5 Å². The average Bonchev–Trinajstić information content (AvgIpc) is 2.89. The van der Waals surface area contributed by atoms with Crippen molar-refractivity contribution in [3.63, 3.8) is 0 Å². The van der Waals surface area contributed by atoms with Crippen LogP contribution in [0, 0.1) is 11.6 Å². The number of halogens is 2. The number of rotatable bonds is 6. The normalized spacial score (nSPS) is 12.2. The third kappa shape index (κ3) is 4.06. The van der Waals surface area contributed by atoms with Crippen LogP contribution < -0.4 is 5.32 Å². The van der Waals surface area contributed by atoms with E-state index >= 15 is 0 Å². The fourth-order valence-corrected chi connectivity index (χ4v) is 2.13. The molecule has 0 aliphatic rings. The molecule has 0 radical (unpaired) electrons. The molecule has 0 bridgehead atoms. The number of carbonyl (C=O) groups excluding carboxylic acids is 1. The summed E-state index contributed by atoms with van der Waals surface area (Å²) in [5, 5.41) is 13.8. The number of tetrazole rings is 1. The van der Waals surface area contributed by atoms with E-state index in [0.717, 1.165) is 12.1 Å². The topological polar surface area (TPSA) is 72.7 Å². The molecule has 0 unspecified atom stereocenters. The van der Waals surface area contributed by atoms with Gasteiger partial charge in [0.25, 0.3) is 0 Å². The number of amides is 1. The van der Waals surface area contributed by atoms with Crippen molar-refractivity contribution in [2.24, 2.45) is 7.05 Å². The lowest BCUT2D eigenvalue weighted by Crippen LogP contribution is -2.28.